The molecule has 1 heterocycles. The minimum atomic E-state index is -0.282. The summed E-state index contributed by atoms with van der Waals surface area (Å²) in [5.74, 6) is 0.558. The van der Waals surface area contributed by atoms with Crippen LogP contribution < -0.4 is 5.76 Å². The maximum Gasteiger partial charge on any atom is 0.419 e. The van der Waals surface area contributed by atoms with E-state index in [0.29, 0.717) is 12.1 Å². The van der Waals surface area contributed by atoms with Gasteiger partial charge < -0.3 is 4.42 Å². The van der Waals surface area contributed by atoms with Gasteiger partial charge in [0.15, 0.2) is 5.58 Å². The predicted octanol–water partition coefficient (Wildman–Crippen LogP) is 3.70. The number of oxazole rings is 1. The van der Waals surface area contributed by atoms with Crippen molar-refractivity contribution in [2.45, 2.75) is 18.4 Å². The third kappa shape index (κ3) is 2.65. The molecule has 0 saturated carbocycles. The number of benzene rings is 2. The molecular weight excluding hydrogens is 270 g/mol. The van der Waals surface area contributed by atoms with E-state index in [-0.39, 0.29) is 5.76 Å². The van der Waals surface area contributed by atoms with Gasteiger partial charge in [-0.1, -0.05) is 29.8 Å². The van der Waals surface area contributed by atoms with Crippen LogP contribution in [0.1, 0.15) is 5.56 Å². The molecule has 0 amide bonds. The van der Waals surface area contributed by atoms with Crippen LogP contribution in [-0.4, -0.2) is 10.3 Å². The average Bonchev–Trinajstić information content (AvgIpc) is 2.77. The molecule has 0 aliphatic heterocycles. The highest BCUT2D eigenvalue weighted by atomic mass is 32.2. The average molecular weight is 285 g/mol. The van der Waals surface area contributed by atoms with Gasteiger partial charge in [-0.05, 0) is 31.2 Å². The molecule has 20 heavy (non-hydrogen) atoms. The number of thioether (sulfide) groups is 1. The molecule has 0 unspecified atom stereocenters. The van der Waals surface area contributed by atoms with E-state index < -0.39 is 0 Å². The Morgan fingerprint density at radius 3 is 2.65 bits per heavy atom. The molecule has 0 spiro atoms. The highest BCUT2D eigenvalue weighted by Crippen LogP contribution is 2.19. The Morgan fingerprint density at radius 2 is 1.85 bits per heavy atom. The van der Waals surface area contributed by atoms with Crippen LogP contribution in [0.3, 0.4) is 0 Å². The zero-order chi connectivity index (χ0) is 13.9. The number of fused-ring (bicyclic) bond motifs is 1. The van der Waals surface area contributed by atoms with E-state index in [4.69, 9.17) is 4.42 Å². The zero-order valence-corrected chi connectivity index (χ0v) is 12.0. The Hall–Kier alpha value is -1.94. The van der Waals surface area contributed by atoms with E-state index in [1.807, 2.05) is 24.3 Å². The summed E-state index contributed by atoms with van der Waals surface area (Å²) in [6.07, 6.45) is 0. The molecule has 0 saturated heterocycles. The summed E-state index contributed by atoms with van der Waals surface area (Å²) < 4.78 is 6.91. The van der Waals surface area contributed by atoms with Gasteiger partial charge in [0.05, 0.1) is 5.52 Å². The van der Waals surface area contributed by atoms with Crippen molar-refractivity contribution in [2.24, 2.45) is 0 Å². The highest BCUT2D eigenvalue weighted by Gasteiger charge is 2.07. The predicted molar refractivity (Wildman–Crippen MR) is 82.4 cm³/mol. The molecule has 0 atom stereocenters. The summed E-state index contributed by atoms with van der Waals surface area (Å²) in [5, 5.41) is 0. The SMILES string of the molecule is Cc1ccc(SCCn2c(=O)oc3ccccc32)cc1. The highest BCUT2D eigenvalue weighted by molar-refractivity contribution is 7.99. The number of nitrogens with zero attached hydrogens (tertiary/aromatic N) is 1. The van der Waals surface area contributed by atoms with Gasteiger partial charge in [0.2, 0.25) is 0 Å². The first-order valence-corrected chi connectivity index (χ1v) is 7.50. The van der Waals surface area contributed by atoms with Gasteiger partial charge in [0.1, 0.15) is 0 Å². The van der Waals surface area contributed by atoms with Gasteiger partial charge in [0, 0.05) is 17.2 Å². The largest absolute Gasteiger partial charge is 0.419 e. The lowest BCUT2D eigenvalue weighted by Gasteiger charge is -2.03. The molecule has 102 valence electrons. The summed E-state index contributed by atoms with van der Waals surface area (Å²) in [6.45, 7) is 2.72. The third-order valence-electron chi connectivity index (χ3n) is 3.18. The summed E-state index contributed by atoms with van der Waals surface area (Å²) in [6, 6.07) is 15.9. The number of aromatic nitrogens is 1. The van der Waals surface area contributed by atoms with Gasteiger partial charge in [-0.2, -0.15) is 0 Å². The first-order valence-electron chi connectivity index (χ1n) is 6.52. The van der Waals surface area contributed by atoms with Crippen molar-refractivity contribution >= 4 is 22.9 Å². The summed E-state index contributed by atoms with van der Waals surface area (Å²) in [7, 11) is 0. The Kier molecular flexibility index (Phi) is 3.65. The smallest absolute Gasteiger partial charge is 0.408 e. The fraction of sp³-hybridized carbons (Fsp3) is 0.188. The lowest BCUT2D eigenvalue weighted by Crippen LogP contribution is -2.15. The second-order valence-corrected chi connectivity index (χ2v) is 5.82. The Morgan fingerprint density at radius 1 is 1.10 bits per heavy atom. The molecule has 0 aliphatic carbocycles. The number of hydrogen-bond donors (Lipinski definition) is 0. The molecule has 3 nitrogen and oxygen atoms in total. The van der Waals surface area contributed by atoms with Crippen molar-refractivity contribution < 1.29 is 4.42 Å². The molecule has 1 aromatic heterocycles. The first-order chi connectivity index (χ1) is 9.74. The molecule has 4 heteroatoms. The monoisotopic (exact) mass is 285 g/mol. The Balaban J connectivity index is 1.72. The molecule has 0 bridgehead atoms. The van der Waals surface area contributed by atoms with Crippen LogP contribution in [0.2, 0.25) is 0 Å². The lowest BCUT2D eigenvalue weighted by atomic mass is 10.2. The van der Waals surface area contributed by atoms with Gasteiger partial charge in [-0.15, -0.1) is 11.8 Å². The first kappa shape index (κ1) is 13.1. The minimum absolute atomic E-state index is 0.282. The molecule has 0 aliphatic rings. The number of rotatable bonds is 4. The minimum Gasteiger partial charge on any atom is -0.408 e. The quantitative estimate of drug-likeness (QED) is 0.686. The van der Waals surface area contributed by atoms with Crippen LogP contribution in [0, 0.1) is 6.92 Å². The topological polar surface area (TPSA) is 35.1 Å². The van der Waals surface area contributed by atoms with Crippen LogP contribution >= 0.6 is 11.8 Å². The second-order valence-electron chi connectivity index (χ2n) is 4.65. The van der Waals surface area contributed by atoms with Gasteiger partial charge in [-0.25, -0.2) is 4.79 Å². The second kappa shape index (κ2) is 5.59. The maximum atomic E-state index is 11.8. The van der Waals surface area contributed by atoms with Gasteiger partial charge in [-0.3, -0.25) is 4.57 Å². The number of aryl methyl sites for hydroxylation is 2. The van der Waals surface area contributed by atoms with Crippen molar-refractivity contribution in [1.29, 1.82) is 0 Å². The van der Waals surface area contributed by atoms with Crippen LogP contribution in [0.5, 0.6) is 0 Å². The van der Waals surface area contributed by atoms with Crippen LogP contribution in [-0.2, 0) is 6.54 Å². The van der Waals surface area contributed by atoms with E-state index in [1.54, 1.807) is 16.3 Å². The zero-order valence-electron chi connectivity index (χ0n) is 11.2. The summed E-state index contributed by atoms with van der Waals surface area (Å²) in [5.41, 5.74) is 2.77. The molecular formula is C16H15NO2S. The maximum absolute atomic E-state index is 11.8. The molecule has 0 fully saturated rings. The van der Waals surface area contributed by atoms with Gasteiger partial charge >= 0.3 is 5.76 Å². The summed E-state index contributed by atoms with van der Waals surface area (Å²) in [4.78, 5) is 13.0. The van der Waals surface area contributed by atoms with Gasteiger partial charge in [0.25, 0.3) is 0 Å². The number of hydrogen-bond acceptors (Lipinski definition) is 3. The third-order valence-corrected chi connectivity index (χ3v) is 4.17. The van der Waals surface area contributed by atoms with Crippen molar-refractivity contribution in [3.8, 4) is 0 Å². The molecule has 3 rings (SSSR count). The van der Waals surface area contributed by atoms with E-state index in [2.05, 4.69) is 31.2 Å². The molecule has 2 aromatic carbocycles. The van der Waals surface area contributed by atoms with E-state index in [0.717, 1.165) is 11.3 Å². The molecule has 0 N–H and O–H groups in total. The van der Waals surface area contributed by atoms with Crippen molar-refractivity contribution in [3.63, 3.8) is 0 Å². The van der Waals surface area contributed by atoms with Crippen LogP contribution in [0.25, 0.3) is 11.1 Å². The van der Waals surface area contributed by atoms with Crippen molar-refractivity contribution in [1.82, 2.24) is 4.57 Å². The Bertz CT molecular complexity index is 771. The fourth-order valence-electron chi connectivity index (χ4n) is 2.11. The van der Waals surface area contributed by atoms with Crippen LogP contribution in [0.15, 0.2) is 62.6 Å². The van der Waals surface area contributed by atoms with E-state index >= 15 is 0 Å². The standard InChI is InChI=1S/C16H15NO2S/c1-12-6-8-13(9-7-12)20-11-10-17-14-4-2-3-5-15(14)19-16(17)18/h2-9H,10-11H2,1H3. The fourth-order valence-corrected chi connectivity index (χ4v) is 2.95. The van der Waals surface area contributed by atoms with Crippen LogP contribution in [0.4, 0.5) is 0 Å². The summed E-state index contributed by atoms with van der Waals surface area (Å²) >= 11 is 1.74. The van der Waals surface area contributed by atoms with E-state index in [9.17, 15) is 4.79 Å². The molecule has 3 aromatic rings. The number of para-hydroxylation sites is 2. The van der Waals surface area contributed by atoms with Crippen molar-refractivity contribution in [2.75, 3.05) is 5.75 Å². The van der Waals surface area contributed by atoms with E-state index in [1.165, 1.54) is 10.5 Å². The normalized spacial score (nSPS) is 11.1. The molecule has 0 radical (unpaired) electrons. The Labute approximate surface area is 121 Å². The van der Waals surface area contributed by atoms with Crippen molar-refractivity contribution in [3.05, 3.63) is 64.6 Å². The lowest BCUT2D eigenvalue weighted by molar-refractivity contribution is 0.514.